The van der Waals surface area contributed by atoms with E-state index in [1.54, 1.807) is 26.2 Å². The van der Waals surface area contributed by atoms with E-state index in [1.807, 2.05) is 11.6 Å². The van der Waals surface area contributed by atoms with Gasteiger partial charge in [0.05, 0.1) is 5.75 Å². The van der Waals surface area contributed by atoms with E-state index in [0.717, 1.165) is 16.7 Å². The first-order chi connectivity index (χ1) is 10.0. The molecule has 0 aliphatic heterocycles. The number of aromatic nitrogens is 3. The standard InChI is InChI=1S/C13H19N5O2S.ClH/c1-17(2)12(19)10-5-4-9(20-10)8-21-13-16-15-11(6-7-14)18(13)3;/h4-5H,6-8,14H2,1-3H3;1H. The number of nitrogens with zero attached hydrogens (tertiary/aromatic N) is 4. The largest absolute Gasteiger partial charge is 0.455 e. The summed E-state index contributed by atoms with van der Waals surface area (Å²) in [6.45, 7) is 0.546. The molecule has 0 atom stereocenters. The molecule has 0 fully saturated rings. The first-order valence-electron chi connectivity index (χ1n) is 6.54. The van der Waals surface area contributed by atoms with Gasteiger partial charge in [-0.05, 0) is 18.7 Å². The van der Waals surface area contributed by atoms with Gasteiger partial charge < -0.3 is 19.6 Å². The SMILES string of the molecule is CN(C)C(=O)c1ccc(CSc2nnc(CCN)n2C)o1.Cl. The Bertz CT molecular complexity index is 626. The molecule has 0 radical (unpaired) electrons. The average Bonchev–Trinajstić information content (AvgIpc) is 3.05. The van der Waals surface area contributed by atoms with Gasteiger partial charge in [-0.25, -0.2) is 0 Å². The van der Waals surface area contributed by atoms with Crippen molar-refractivity contribution in [3.8, 4) is 0 Å². The molecule has 0 bridgehead atoms. The van der Waals surface area contributed by atoms with Gasteiger partial charge in [0.1, 0.15) is 11.6 Å². The van der Waals surface area contributed by atoms with Crippen molar-refractivity contribution in [1.82, 2.24) is 19.7 Å². The Labute approximate surface area is 139 Å². The summed E-state index contributed by atoms with van der Waals surface area (Å²) in [5.74, 6) is 2.39. The maximum Gasteiger partial charge on any atom is 0.289 e. The van der Waals surface area contributed by atoms with Gasteiger partial charge in [-0.15, -0.1) is 22.6 Å². The summed E-state index contributed by atoms with van der Waals surface area (Å²) in [6.07, 6.45) is 0.701. The van der Waals surface area contributed by atoms with Gasteiger partial charge in [0.15, 0.2) is 10.9 Å². The van der Waals surface area contributed by atoms with Crippen LogP contribution in [0, 0.1) is 0 Å². The quantitative estimate of drug-likeness (QED) is 0.794. The fraction of sp³-hybridized carbons (Fsp3) is 0.462. The lowest BCUT2D eigenvalue weighted by Crippen LogP contribution is -2.20. The Hall–Kier alpha value is -1.51. The molecule has 7 nitrogen and oxygen atoms in total. The highest BCUT2D eigenvalue weighted by molar-refractivity contribution is 7.98. The van der Waals surface area contributed by atoms with Crippen LogP contribution in [0.4, 0.5) is 0 Å². The minimum Gasteiger partial charge on any atom is -0.455 e. The van der Waals surface area contributed by atoms with Crippen molar-refractivity contribution in [2.75, 3.05) is 20.6 Å². The van der Waals surface area contributed by atoms with Crippen molar-refractivity contribution in [3.63, 3.8) is 0 Å². The lowest BCUT2D eigenvalue weighted by Gasteiger charge is -2.06. The summed E-state index contributed by atoms with van der Waals surface area (Å²) in [7, 11) is 5.30. The van der Waals surface area contributed by atoms with Gasteiger partial charge in [0.2, 0.25) is 0 Å². The van der Waals surface area contributed by atoms with Crippen LogP contribution >= 0.6 is 24.2 Å². The third kappa shape index (κ3) is 4.25. The van der Waals surface area contributed by atoms with E-state index in [1.165, 1.54) is 16.7 Å². The van der Waals surface area contributed by atoms with Crippen LogP contribution in [0.1, 0.15) is 22.1 Å². The minimum atomic E-state index is -0.143. The monoisotopic (exact) mass is 345 g/mol. The molecule has 22 heavy (non-hydrogen) atoms. The number of hydrogen-bond acceptors (Lipinski definition) is 6. The van der Waals surface area contributed by atoms with E-state index in [-0.39, 0.29) is 18.3 Å². The molecule has 1 amide bonds. The number of carbonyl (C=O) groups is 1. The van der Waals surface area contributed by atoms with Crippen molar-refractivity contribution in [2.24, 2.45) is 12.8 Å². The van der Waals surface area contributed by atoms with Crippen LogP contribution in [0.25, 0.3) is 0 Å². The number of carbonyl (C=O) groups excluding carboxylic acids is 1. The second kappa shape index (κ2) is 8.21. The number of nitrogens with two attached hydrogens (primary N) is 1. The van der Waals surface area contributed by atoms with Gasteiger partial charge in [-0.3, -0.25) is 4.79 Å². The Balaban J connectivity index is 0.00000242. The van der Waals surface area contributed by atoms with Crippen LogP contribution < -0.4 is 5.73 Å². The molecule has 0 aromatic carbocycles. The summed E-state index contributed by atoms with van der Waals surface area (Å²) >= 11 is 1.51. The number of furan rings is 1. The van der Waals surface area contributed by atoms with E-state index in [2.05, 4.69) is 10.2 Å². The predicted molar refractivity (Wildman–Crippen MR) is 87.3 cm³/mol. The molecule has 9 heteroatoms. The lowest BCUT2D eigenvalue weighted by atomic mass is 10.4. The van der Waals surface area contributed by atoms with Crippen molar-refractivity contribution in [2.45, 2.75) is 17.3 Å². The van der Waals surface area contributed by atoms with Crippen LogP contribution in [-0.2, 0) is 19.2 Å². The van der Waals surface area contributed by atoms with E-state index in [0.29, 0.717) is 24.5 Å². The highest BCUT2D eigenvalue weighted by atomic mass is 35.5. The molecule has 0 unspecified atom stereocenters. The van der Waals surface area contributed by atoms with Crippen molar-refractivity contribution in [1.29, 1.82) is 0 Å². The molecule has 2 heterocycles. The van der Waals surface area contributed by atoms with Gasteiger partial charge in [0, 0.05) is 27.6 Å². The van der Waals surface area contributed by atoms with E-state index >= 15 is 0 Å². The summed E-state index contributed by atoms with van der Waals surface area (Å²) in [6, 6.07) is 3.50. The molecule has 0 aliphatic rings. The van der Waals surface area contributed by atoms with E-state index in [9.17, 15) is 4.79 Å². The molecule has 0 aliphatic carbocycles. The van der Waals surface area contributed by atoms with Crippen LogP contribution in [-0.4, -0.2) is 46.2 Å². The van der Waals surface area contributed by atoms with Crippen LogP contribution in [0.2, 0.25) is 0 Å². The van der Waals surface area contributed by atoms with E-state index < -0.39 is 0 Å². The number of hydrogen-bond donors (Lipinski definition) is 1. The Morgan fingerprint density at radius 1 is 1.41 bits per heavy atom. The summed E-state index contributed by atoms with van der Waals surface area (Å²) < 4.78 is 7.46. The lowest BCUT2D eigenvalue weighted by molar-refractivity contribution is 0.0795. The molecule has 122 valence electrons. The van der Waals surface area contributed by atoms with Crippen molar-refractivity contribution < 1.29 is 9.21 Å². The second-order valence-corrected chi connectivity index (χ2v) is 5.69. The third-order valence-electron chi connectivity index (χ3n) is 2.92. The van der Waals surface area contributed by atoms with Gasteiger partial charge in [-0.1, -0.05) is 11.8 Å². The minimum absolute atomic E-state index is 0. The zero-order valence-electron chi connectivity index (χ0n) is 12.8. The van der Waals surface area contributed by atoms with Crippen LogP contribution in [0.5, 0.6) is 0 Å². The van der Waals surface area contributed by atoms with Crippen LogP contribution in [0.15, 0.2) is 21.7 Å². The second-order valence-electron chi connectivity index (χ2n) is 4.75. The van der Waals surface area contributed by atoms with Gasteiger partial charge in [0.25, 0.3) is 5.91 Å². The number of thioether (sulfide) groups is 1. The molecule has 2 N–H and O–H groups in total. The van der Waals surface area contributed by atoms with Crippen molar-refractivity contribution in [3.05, 3.63) is 29.5 Å². The maximum atomic E-state index is 11.7. The molecular weight excluding hydrogens is 326 g/mol. The van der Waals surface area contributed by atoms with Gasteiger partial charge >= 0.3 is 0 Å². The number of amides is 1. The number of halogens is 1. The zero-order chi connectivity index (χ0) is 15.4. The summed E-state index contributed by atoms with van der Waals surface area (Å²) in [5, 5.41) is 9.02. The fourth-order valence-electron chi connectivity index (χ4n) is 1.74. The van der Waals surface area contributed by atoms with Crippen LogP contribution in [0.3, 0.4) is 0 Å². The van der Waals surface area contributed by atoms with E-state index in [4.69, 9.17) is 10.2 Å². The molecule has 2 aromatic rings. The molecular formula is C13H20ClN5O2S. The summed E-state index contributed by atoms with van der Waals surface area (Å²) in [4.78, 5) is 13.2. The highest BCUT2D eigenvalue weighted by Gasteiger charge is 2.14. The summed E-state index contributed by atoms with van der Waals surface area (Å²) in [5.41, 5.74) is 5.52. The smallest absolute Gasteiger partial charge is 0.289 e. The van der Waals surface area contributed by atoms with Gasteiger partial charge in [-0.2, -0.15) is 0 Å². The fourth-order valence-corrected chi connectivity index (χ4v) is 2.57. The number of rotatable bonds is 6. The molecule has 2 rings (SSSR count). The normalized spacial score (nSPS) is 10.4. The molecule has 0 saturated heterocycles. The third-order valence-corrected chi connectivity index (χ3v) is 3.96. The Morgan fingerprint density at radius 3 is 2.77 bits per heavy atom. The topological polar surface area (TPSA) is 90.2 Å². The zero-order valence-corrected chi connectivity index (χ0v) is 14.4. The Morgan fingerprint density at radius 2 is 2.14 bits per heavy atom. The molecule has 0 saturated carbocycles. The highest BCUT2D eigenvalue weighted by Crippen LogP contribution is 2.22. The molecule has 2 aromatic heterocycles. The predicted octanol–water partition coefficient (Wildman–Crippen LogP) is 1.33. The first kappa shape index (κ1) is 18.5. The maximum absolute atomic E-state index is 11.7. The molecule has 0 spiro atoms. The first-order valence-corrected chi connectivity index (χ1v) is 7.53. The van der Waals surface area contributed by atoms with Crippen molar-refractivity contribution >= 4 is 30.1 Å². The average molecular weight is 346 g/mol. The Kier molecular flexibility index (Phi) is 6.92.